The number of hydrogen-bond donors (Lipinski definition) is 0. The number of nitriles is 1. The second kappa shape index (κ2) is 7.25. The van der Waals surface area contributed by atoms with Crippen molar-refractivity contribution in [2.24, 2.45) is 0 Å². The van der Waals surface area contributed by atoms with Gasteiger partial charge in [0.25, 0.3) is 0 Å². The highest BCUT2D eigenvalue weighted by Gasteiger charge is 2.11. The van der Waals surface area contributed by atoms with Gasteiger partial charge in [-0.05, 0) is 30.3 Å². The van der Waals surface area contributed by atoms with Gasteiger partial charge in [-0.25, -0.2) is 4.79 Å². The van der Waals surface area contributed by atoms with E-state index in [1.165, 1.54) is 0 Å². The number of ether oxygens (including phenoxy) is 2. The first kappa shape index (κ1) is 15.5. The lowest BCUT2D eigenvalue weighted by Gasteiger charge is -2.09. The summed E-state index contributed by atoms with van der Waals surface area (Å²) in [6.45, 7) is 0.267. The Labute approximate surface area is 139 Å². The molecule has 24 heavy (non-hydrogen) atoms. The SMILES string of the molecule is N#Cc1ccccc1OCCOC(=O)c1cccc2ncccc12. The summed E-state index contributed by atoms with van der Waals surface area (Å²) in [6, 6.07) is 17.9. The van der Waals surface area contributed by atoms with Crippen LogP contribution in [0.5, 0.6) is 5.75 Å². The van der Waals surface area contributed by atoms with Gasteiger partial charge in [0, 0.05) is 11.6 Å². The molecule has 2 aromatic carbocycles. The average molecular weight is 318 g/mol. The second-order valence-corrected chi connectivity index (χ2v) is 4.97. The molecule has 0 unspecified atom stereocenters. The number of pyridine rings is 1. The molecule has 0 amide bonds. The van der Waals surface area contributed by atoms with Crippen LogP contribution in [0.3, 0.4) is 0 Å². The highest BCUT2D eigenvalue weighted by atomic mass is 16.6. The Morgan fingerprint density at radius 2 is 1.92 bits per heavy atom. The van der Waals surface area contributed by atoms with Crippen LogP contribution in [0, 0.1) is 11.3 Å². The fourth-order valence-corrected chi connectivity index (χ4v) is 2.33. The van der Waals surface area contributed by atoms with Gasteiger partial charge in [-0.3, -0.25) is 4.98 Å². The van der Waals surface area contributed by atoms with Crippen molar-refractivity contribution in [2.45, 2.75) is 0 Å². The van der Waals surface area contributed by atoms with Gasteiger partial charge in [-0.1, -0.05) is 24.3 Å². The quantitative estimate of drug-likeness (QED) is 0.533. The number of esters is 1. The van der Waals surface area contributed by atoms with Crippen LogP contribution in [-0.2, 0) is 4.74 Å². The van der Waals surface area contributed by atoms with E-state index in [1.54, 1.807) is 48.7 Å². The van der Waals surface area contributed by atoms with Gasteiger partial charge in [0.15, 0.2) is 0 Å². The minimum absolute atomic E-state index is 0.0925. The first-order valence-electron chi connectivity index (χ1n) is 7.42. The maximum atomic E-state index is 12.2. The van der Waals surface area contributed by atoms with E-state index >= 15 is 0 Å². The highest BCUT2D eigenvalue weighted by Crippen LogP contribution is 2.18. The topological polar surface area (TPSA) is 72.2 Å². The van der Waals surface area contributed by atoms with E-state index in [-0.39, 0.29) is 13.2 Å². The molecule has 1 heterocycles. The summed E-state index contributed by atoms with van der Waals surface area (Å²) >= 11 is 0. The third-order valence-electron chi connectivity index (χ3n) is 3.45. The largest absolute Gasteiger partial charge is 0.489 e. The Morgan fingerprint density at radius 3 is 2.79 bits per heavy atom. The number of benzene rings is 2. The maximum absolute atomic E-state index is 12.2. The Morgan fingerprint density at radius 1 is 1.04 bits per heavy atom. The van der Waals surface area contributed by atoms with Crippen LogP contribution >= 0.6 is 0 Å². The van der Waals surface area contributed by atoms with Gasteiger partial charge >= 0.3 is 5.97 Å². The lowest BCUT2D eigenvalue weighted by Crippen LogP contribution is -2.13. The molecular weight excluding hydrogens is 304 g/mol. The van der Waals surface area contributed by atoms with Crippen molar-refractivity contribution >= 4 is 16.9 Å². The Balaban J connectivity index is 1.61. The number of carbonyl (C=O) groups excluding carboxylic acids is 1. The van der Waals surface area contributed by atoms with E-state index in [4.69, 9.17) is 14.7 Å². The third kappa shape index (κ3) is 3.33. The summed E-state index contributed by atoms with van der Waals surface area (Å²) in [5.74, 6) is 0.0520. The second-order valence-electron chi connectivity index (χ2n) is 4.97. The van der Waals surface area contributed by atoms with Crippen molar-refractivity contribution in [2.75, 3.05) is 13.2 Å². The van der Waals surface area contributed by atoms with Gasteiger partial charge in [-0.15, -0.1) is 0 Å². The first-order chi connectivity index (χ1) is 11.8. The fourth-order valence-electron chi connectivity index (χ4n) is 2.33. The van der Waals surface area contributed by atoms with E-state index in [2.05, 4.69) is 11.1 Å². The molecule has 3 aromatic rings. The molecule has 0 saturated carbocycles. The molecule has 5 heteroatoms. The summed E-state index contributed by atoms with van der Waals surface area (Å²) in [5, 5.41) is 9.74. The van der Waals surface area contributed by atoms with Crippen LogP contribution in [0.4, 0.5) is 0 Å². The summed E-state index contributed by atoms with van der Waals surface area (Å²) in [5.41, 5.74) is 1.66. The Hall–Kier alpha value is -3.39. The lowest BCUT2D eigenvalue weighted by molar-refractivity contribution is 0.0452. The van der Waals surface area contributed by atoms with Gasteiger partial charge in [0.05, 0.1) is 16.6 Å². The molecule has 0 saturated heterocycles. The molecule has 1 aromatic heterocycles. The summed E-state index contributed by atoms with van der Waals surface area (Å²) in [7, 11) is 0. The van der Waals surface area contributed by atoms with E-state index in [0.717, 1.165) is 10.9 Å². The molecule has 0 bridgehead atoms. The van der Waals surface area contributed by atoms with Crippen molar-refractivity contribution < 1.29 is 14.3 Å². The van der Waals surface area contributed by atoms with E-state index in [9.17, 15) is 4.79 Å². The molecule has 0 aliphatic carbocycles. The van der Waals surface area contributed by atoms with Crippen LogP contribution in [0.15, 0.2) is 60.8 Å². The van der Waals surface area contributed by atoms with Crippen molar-refractivity contribution in [3.63, 3.8) is 0 Å². The molecule has 0 spiro atoms. The number of aromatic nitrogens is 1. The van der Waals surface area contributed by atoms with Crippen molar-refractivity contribution in [1.29, 1.82) is 5.26 Å². The lowest BCUT2D eigenvalue weighted by atomic mass is 10.1. The van der Waals surface area contributed by atoms with E-state index < -0.39 is 5.97 Å². The smallest absolute Gasteiger partial charge is 0.338 e. The number of rotatable bonds is 5. The minimum atomic E-state index is -0.425. The zero-order valence-electron chi connectivity index (χ0n) is 12.8. The zero-order valence-corrected chi connectivity index (χ0v) is 12.8. The standard InChI is InChI=1S/C19H14N2O3/c20-13-14-5-1-2-9-18(14)23-11-12-24-19(22)16-6-3-8-17-15(16)7-4-10-21-17/h1-10H,11-12H2. The van der Waals surface area contributed by atoms with Gasteiger partial charge < -0.3 is 9.47 Å². The summed E-state index contributed by atoms with van der Waals surface area (Å²) in [4.78, 5) is 16.5. The predicted molar refractivity (Wildman–Crippen MR) is 88.7 cm³/mol. The average Bonchev–Trinajstić information content (AvgIpc) is 2.65. The molecule has 5 nitrogen and oxygen atoms in total. The van der Waals surface area contributed by atoms with Crippen LogP contribution in [-0.4, -0.2) is 24.2 Å². The molecule has 0 N–H and O–H groups in total. The van der Waals surface area contributed by atoms with Crippen LogP contribution < -0.4 is 4.74 Å². The van der Waals surface area contributed by atoms with Gasteiger partial charge in [0.2, 0.25) is 0 Å². The van der Waals surface area contributed by atoms with Crippen molar-refractivity contribution in [3.05, 3.63) is 71.9 Å². The minimum Gasteiger partial charge on any atom is -0.489 e. The van der Waals surface area contributed by atoms with Crippen LogP contribution in [0.25, 0.3) is 10.9 Å². The molecule has 3 rings (SSSR count). The molecule has 0 atom stereocenters. The third-order valence-corrected chi connectivity index (χ3v) is 3.45. The van der Waals surface area contributed by atoms with Crippen LogP contribution in [0.2, 0.25) is 0 Å². The number of fused-ring (bicyclic) bond motifs is 1. The molecule has 118 valence electrons. The molecule has 0 aliphatic rings. The predicted octanol–water partition coefficient (Wildman–Crippen LogP) is 3.34. The normalized spacial score (nSPS) is 10.1. The summed E-state index contributed by atoms with van der Waals surface area (Å²) in [6.07, 6.45) is 1.68. The maximum Gasteiger partial charge on any atom is 0.338 e. The van der Waals surface area contributed by atoms with E-state index in [0.29, 0.717) is 16.9 Å². The molecule has 0 radical (unpaired) electrons. The number of nitrogens with zero attached hydrogens (tertiary/aromatic N) is 2. The van der Waals surface area contributed by atoms with Crippen molar-refractivity contribution in [3.8, 4) is 11.8 Å². The number of para-hydroxylation sites is 1. The Kier molecular flexibility index (Phi) is 4.68. The highest BCUT2D eigenvalue weighted by molar-refractivity contribution is 6.03. The van der Waals surface area contributed by atoms with Crippen molar-refractivity contribution in [1.82, 2.24) is 4.98 Å². The Bertz CT molecular complexity index is 910. The number of carbonyl (C=O) groups is 1. The van der Waals surface area contributed by atoms with E-state index in [1.807, 2.05) is 12.1 Å². The molecule has 0 fully saturated rings. The van der Waals surface area contributed by atoms with Gasteiger partial charge in [0.1, 0.15) is 25.0 Å². The molecular formula is C19H14N2O3. The summed E-state index contributed by atoms with van der Waals surface area (Å²) < 4.78 is 10.7. The van der Waals surface area contributed by atoms with Crippen LogP contribution in [0.1, 0.15) is 15.9 Å². The number of hydrogen-bond acceptors (Lipinski definition) is 5. The zero-order chi connectivity index (χ0) is 16.8. The fraction of sp³-hybridized carbons (Fsp3) is 0.105. The van der Waals surface area contributed by atoms with Gasteiger partial charge in [-0.2, -0.15) is 5.26 Å². The molecule has 0 aliphatic heterocycles. The first-order valence-corrected chi connectivity index (χ1v) is 7.42. The monoisotopic (exact) mass is 318 g/mol.